The Kier molecular flexibility index (Phi) is 4.83. The van der Waals surface area contributed by atoms with Crippen LogP contribution < -0.4 is 10.5 Å². The summed E-state index contributed by atoms with van der Waals surface area (Å²) in [6, 6.07) is 5.82. The summed E-state index contributed by atoms with van der Waals surface area (Å²) in [6.45, 7) is 1.72. The van der Waals surface area contributed by atoms with Crippen LogP contribution in [0.4, 0.5) is 5.69 Å². The molecule has 1 atom stereocenters. The molecular weight excluding hydrogens is 335 g/mol. The predicted molar refractivity (Wildman–Crippen MR) is 83.1 cm³/mol. The second-order valence-electron chi connectivity index (χ2n) is 4.62. The van der Waals surface area contributed by atoms with E-state index in [2.05, 4.69) is 4.72 Å². The highest BCUT2D eigenvalue weighted by Gasteiger charge is 2.24. The number of rotatable bonds is 5. The summed E-state index contributed by atoms with van der Waals surface area (Å²) in [5, 5.41) is -0.0320. The number of sulfonamides is 1. The standard InChI is InChI=1S/C13H14Cl2N2O3S/c1-8(5-10-3-2-4-20-10)17-21(18,19)13-11(14)6-9(16)7-12(13)15/h2-4,6-8,17H,5,16H2,1H3. The fraction of sp³-hybridized carbons (Fsp3) is 0.231. The zero-order valence-electron chi connectivity index (χ0n) is 11.1. The SMILES string of the molecule is CC(Cc1ccco1)NS(=O)(=O)c1c(Cl)cc(N)cc1Cl. The molecule has 1 heterocycles. The van der Waals surface area contributed by atoms with Gasteiger partial charge in [0, 0.05) is 18.2 Å². The average molecular weight is 349 g/mol. The van der Waals surface area contributed by atoms with Gasteiger partial charge in [0.15, 0.2) is 0 Å². The van der Waals surface area contributed by atoms with Crippen LogP contribution in [0.2, 0.25) is 10.0 Å². The smallest absolute Gasteiger partial charge is 0.243 e. The van der Waals surface area contributed by atoms with Gasteiger partial charge in [0.05, 0.1) is 16.3 Å². The zero-order valence-corrected chi connectivity index (χ0v) is 13.5. The van der Waals surface area contributed by atoms with Crippen molar-refractivity contribution >= 4 is 38.9 Å². The number of hydrogen-bond donors (Lipinski definition) is 2. The van der Waals surface area contributed by atoms with Crippen LogP contribution in [0.15, 0.2) is 39.8 Å². The Morgan fingerprint density at radius 3 is 2.48 bits per heavy atom. The lowest BCUT2D eigenvalue weighted by Gasteiger charge is -2.15. The molecule has 8 heteroatoms. The first kappa shape index (κ1) is 16.2. The Balaban J connectivity index is 2.22. The van der Waals surface area contributed by atoms with Crippen LogP contribution in [0.5, 0.6) is 0 Å². The van der Waals surface area contributed by atoms with Gasteiger partial charge in [0.25, 0.3) is 0 Å². The monoisotopic (exact) mass is 348 g/mol. The number of anilines is 1. The van der Waals surface area contributed by atoms with Gasteiger partial charge < -0.3 is 10.2 Å². The van der Waals surface area contributed by atoms with Gasteiger partial charge in [0.1, 0.15) is 10.7 Å². The summed E-state index contributed by atoms with van der Waals surface area (Å²) in [4.78, 5) is -0.175. The molecule has 1 unspecified atom stereocenters. The Labute approximate surface area is 133 Å². The molecule has 2 rings (SSSR count). The van der Waals surface area contributed by atoms with Crippen molar-refractivity contribution in [2.75, 3.05) is 5.73 Å². The maximum absolute atomic E-state index is 12.4. The van der Waals surface area contributed by atoms with Crippen molar-refractivity contribution in [3.63, 3.8) is 0 Å². The van der Waals surface area contributed by atoms with Crippen molar-refractivity contribution in [2.45, 2.75) is 24.3 Å². The molecule has 0 aliphatic heterocycles. The van der Waals surface area contributed by atoms with E-state index in [1.807, 2.05) is 0 Å². The quantitative estimate of drug-likeness (QED) is 0.813. The van der Waals surface area contributed by atoms with Crippen molar-refractivity contribution in [2.24, 2.45) is 0 Å². The summed E-state index contributed by atoms with van der Waals surface area (Å²) in [6.07, 6.45) is 1.95. The molecule has 5 nitrogen and oxygen atoms in total. The number of hydrogen-bond acceptors (Lipinski definition) is 4. The van der Waals surface area contributed by atoms with Gasteiger partial charge in [-0.1, -0.05) is 23.2 Å². The van der Waals surface area contributed by atoms with Crippen LogP contribution in [0.25, 0.3) is 0 Å². The van der Waals surface area contributed by atoms with Crippen molar-refractivity contribution in [3.8, 4) is 0 Å². The summed E-state index contributed by atoms with van der Waals surface area (Å²) >= 11 is 11.9. The number of nitrogen functional groups attached to an aromatic ring is 1. The molecule has 0 saturated carbocycles. The number of nitrogens with two attached hydrogens (primary N) is 1. The molecule has 1 aromatic heterocycles. The van der Waals surface area contributed by atoms with Crippen LogP contribution in [0, 0.1) is 0 Å². The molecule has 0 spiro atoms. The number of halogens is 2. The topological polar surface area (TPSA) is 85.3 Å². The van der Waals surface area contributed by atoms with Crippen molar-refractivity contribution in [3.05, 3.63) is 46.3 Å². The summed E-state index contributed by atoms with van der Waals surface area (Å²) < 4.78 is 32.4. The van der Waals surface area contributed by atoms with Gasteiger partial charge in [-0.15, -0.1) is 0 Å². The van der Waals surface area contributed by atoms with E-state index in [0.29, 0.717) is 17.9 Å². The van der Waals surface area contributed by atoms with E-state index >= 15 is 0 Å². The van der Waals surface area contributed by atoms with Crippen LogP contribution >= 0.6 is 23.2 Å². The molecule has 0 saturated heterocycles. The van der Waals surface area contributed by atoms with E-state index in [1.54, 1.807) is 19.1 Å². The molecule has 0 amide bonds. The van der Waals surface area contributed by atoms with Gasteiger partial charge in [-0.2, -0.15) is 0 Å². The van der Waals surface area contributed by atoms with Crippen molar-refractivity contribution < 1.29 is 12.8 Å². The van der Waals surface area contributed by atoms with E-state index in [0.717, 1.165) is 0 Å². The summed E-state index contributed by atoms with van der Waals surface area (Å²) in [5.74, 6) is 0.680. The third kappa shape index (κ3) is 3.91. The number of furan rings is 1. The summed E-state index contributed by atoms with van der Waals surface area (Å²) in [5.41, 5.74) is 5.87. The normalized spacial score (nSPS) is 13.3. The Hall–Kier alpha value is -1.21. The molecule has 1 aromatic carbocycles. The van der Waals surface area contributed by atoms with Crippen LogP contribution in [-0.2, 0) is 16.4 Å². The van der Waals surface area contributed by atoms with E-state index in [4.69, 9.17) is 33.4 Å². The first-order chi connectivity index (χ1) is 9.79. The highest BCUT2D eigenvalue weighted by molar-refractivity contribution is 7.89. The molecule has 0 aliphatic carbocycles. The molecular formula is C13H14Cl2N2O3S. The Bertz CT molecular complexity index is 707. The second kappa shape index (κ2) is 6.27. The second-order valence-corrected chi connectivity index (χ2v) is 7.08. The Morgan fingerprint density at radius 1 is 1.33 bits per heavy atom. The largest absolute Gasteiger partial charge is 0.469 e. The van der Waals surface area contributed by atoms with E-state index in [-0.39, 0.29) is 21.0 Å². The van der Waals surface area contributed by atoms with Gasteiger partial charge in [0.2, 0.25) is 10.0 Å². The molecule has 2 aromatic rings. The van der Waals surface area contributed by atoms with Crippen molar-refractivity contribution in [1.29, 1.82) is 0 Å². The fourth-order valence-electron chi connectivity index (χ4n) is 1.93. The first-order valence-corrected chi connectivity index (χ1v) is 8.33. The minimum Gasteiger partial charge on any atom is -0.469 e. The van der Waals surface area contributed by atoms with Gasteiger partial charge >= 0.3 is 0 Å². The molecule has 21 heavy (non-hydrogen) atoms. The molecule has 0 fully saturated rings. The fourth-order valence-corrected chi connectivity index (χ4v) is 4.41. The van der Waals surface area contributed by atoms with Crippen LogP contribution in [-0.4, -0.2) is 14.5 Å². The highest BCUT2D eigenvalue weighted by Crippen LogP contribution is 2.31. The minimum absolute atomic E-state index is 0.0160. The third-order valence-corrected chi connectivity index (χ3v) is 5.24. The van der Waals surface area contributed by atoms with Crippen LogP contribution in [0.3, 0.4) is 0 Å². The highest BCUT2D eigenvalue weighted by atomic mass is 35.5. The molecule has 0 radical (unpaired) electrons. The molecule has 114 valence electrons. The van der Waals surface area contributed by atoms with E-state index in [9.17, 15) is 8.42 Å². The van der Waals surface area contributed by atoms with E-state index in [1.165, 1.54) is 18.4 Å². The average Bonchev–Trinajstić information content (AvgIpc) is 2.78. The molecule has 0 bridgehead atoms. The van der Waals surface area contributed by atoms with E-state index < -0.39 is 10.0 Å². The molecule has 0 aliphatic rings. The van der Waals surface area contributed by atoms with Gasteiger partial charge in [-0.3, -0.25) is 0 Å². The lowest BCUT2D eigenvalue weighted by Crippen LogP contribution is -2.34. The van der Waals surface area contributed by atoms with Crippen LogP contribution in [0.1, 0.15) is 12.7 Å². The van der Waals surface area contributed by atoms with Crippen molar-refractivity contribution in [1.82, 2.24) is 4.72 Å². The lowest BCUT2D eigenvalue weighted by atomic mass is 10.2. The molecule has 3 N–H and O–H groups in total. The Morgan fingerprint density at radius 2 is 1.95 bits per heavy atom. The first-order valence-electron chi connectivity index (χ1n) is 6.09. The third-order valence-electron chi connectivity index (χ3n) is 2.73. The minimum atomic E-state index is -3.85. The van der Waals surface area contributed by atoms with Gasteiger partial charge in [-0.05, 0) is 31.2 Å². The number of nitrogens with one attached hydrogen (secondary N) is 1. The lowest BCUT2D eigenvalue weighted by molar-refractivity contribution is 0.479. The maximum atomic E-state index is 12.4. The predicted octanol–water partition coefficient (Wildman–Crippen LogP) is 3.08. The zero-order chi connectivity index (χ0) is 15.6. The van der Waals surface area contributed by atoms with Gasteiger partial charge in [-0.25, -0.2) is 13.1 Å². The number of benzene rings is 1. The summed E-state index contributed by atoms with van der Waals surface area (Å²) in [7, 11) is -3.85. The maximum Gasteiger partial charge on any atom is 0.243 e.